The number of carbonyl (C=O) groups excluding carboxylic acids is 5. The van der Waals surface area contributed by atoms with E-state index in [-0.39, 0.29) is 57.4 Å². The van der Waals surface area contributed by atoms with Gasteiger partial charge in [0.1, 0.15) is 0 Å². The van der Waals surface area contributed by atoms with Gasteiger partial charge in [-0.05, 0) is 0 Å². The van der Waals surface area contributed by atoms with Gasteiger partial charge in [0.25, 0.3) is 23.6 Å². The van der Waals surface area contributed by atoms with Crippen LogP contribution in [0.3, 0.4) is 0 Å². The highest BCUT2D eigenvalue weighted by molar-refractivity contribution is 6.12. The van der Waals surface area contributed by atoms with Crippen molar-refractivity contribution in [2.75, 3.05) is 112 Å². The van der Waals surface area contributed by atoms with Crippen molar-refractivity contribution < 1.29 is 66.7 Å². The third kappa shape index (κ3) is 17.2. The Labute approximate surface area is 250 Å². The van der Waals surface area contributed by atoms with Crippen molar-refractivity contribution in [1.82, 2.24) is 9.96 Å². The van der Waals surface area contributed by atoms with E-state index in [0.717, 1.165) is 4.90 Å². The molecule has 0 aromatic heterocycles. The Bertz CT molecular complexity index is 850. The standard InChI is InChI=1S/C27H42N2O14/c30-23-1-2-24(31)28(23)6-8-36-10-12-38-14-16-40-18-20-42-22-21-41-19-17-39-15-13-37-11-9-35-7-5-27(34)43-29-25(32)3-4-26(29)33/h1-2H,3-22H2. The summed E-state index contributed by atoms with van der Waals surface area (Å²) in [5, 5.41) is 0.512. The minimum Gasteiger partial charge on any atom is -0.378 e. The van der Waals surface area contributed by atoms with Gasteiger partial charge in [-0.3, -0.25) is 24.1 Å². The van der Waals surface area contributed by atoms with Gasteiger partial charge in [-0.15, -0.1) is 5.06 Å². The zero-order chi connectivity index (χ0) is 31.0. The normalized spacial score (nSPS) is 15.0. The van der Waals surface area contributed by atoms with Crippen LogP contribution in [0.15, 0.2) is 12.2 Å². The summed E-state index contributed by atoms with van der Waals surface area (Å²) >= 11 is 0. The molecule has 0 N–H and O–H groups in total. The molecular weight excluding hydrogens is 576 g/mol. The third-order valence-corrected chi connectivity index (χ3v) is 5.61. The van der Waals surface area contributed by atoms with E-state index < -0.39 is 17.8 Å². The average Bonchev–Trinajstić information content (AvgIpc) is 3.49. The average molecular weight is 619 g/mol. The summed E-state index contributed by atoms with van der Waals surface area (Å²) in [7, 11) is 0. The molecule has 1 saturated heterocycles. The van der Waals surface area contributed by atoms with E-state index >= 15 is 0 Å². The van der Waals surface area contributed by atoms with Crippen LogP contribution < -0.4 is 0 Å². The maximum absolute atomic E-state index is 11.6. The molecule has 0 spiro atoms. The van der Waals surface area contributed by atoms with Crippen molar-refractivity contribution in [3.05, 3.63) is 12.2 Å². The molecule has 0 unspecified atom stereocenters. The molecule has 1 fully saturated rings. The summed E-state index contributed by atoms with van der Waals surface area (Å²) in [5.74, 6) is -2.37. The molecule has 0 atom stereocenters. The molecule has 2 aliphatic heterocycles. The first-order valence-electron chi connectivity index (χ1n) is 14.2. The van der Waals surface area contributed by atoms with E-state index in [0.29, 0.717) is 91.0 Å². The monoisotopic (exact) mass is 618 g/mol. The Kier molecular flexibility index (Phi) is 20.0. The van der Waals surface area contributed by atoms with Crippen LogP contribution in [0.5, 0.6) is 0 Å². The van der Waals surface area contributed by atoms with Gasteiger partial charge < -0.3 is 42.7 Å². The largest absolute Gasteiger partial charge is 0.378 e. The second-order valence-electron chi connectivity index (χ2n) is 8.86. The first-order valence-corrected chi connectivity index (χ1v) is 14.2. The first-order chi connectivity index (χ1) is 21.0. The molecule has 0 aliphatic carbocycles. The van der Waals surface area contributed by atoms with Gasteiger partial charge in [0.15, 0.2) is 0 Å². The number of nitrogens with zero attached hydrogens (tertiary/aromatic N) is 2. The second-order valence-corrected chi connectivity index (χ2v) is 8.86. The van der Waals surface area contributed by atoms with Crippen molar-refractivity contribution in [3.63, 3.8) is 0 Å². The molecule has 0 bridgehead atoms. The van der Waals surface area contributed by atoms with Crippen molar-refractivity contribution in [1.29, 1.82) is 0 Å². The quantitative estimate of drug-likeness (QED) is 0.0774. The van der Waals surface area contributed by atoms with Gasteiger partial charge in [-0.25, -0.2) is 4.79 Å². The van der Waals surface area contributed by atoms with Crippen LogP contribution in [-0.4, -0.2) is 152 Å². The van der Waals surface area contributed by atoms with Crippen LogP contribution in [0.25, 0.3) is 0 Å². The lowest BCUT2D eigenvalue weighted by molar-refractivity contribution is -0.198. The molecule has 2 heterocycles. The van der Waals surface area contributed by atoms with Crippen LogP contribution in [-0.2, 0) is 66.7 Å². The Morgan fingerprint density at radius 3 is 1.21 bits per heavy atom. The zero-order valence-corrected chi connectivity index (χ0v) is 24.4. The summed E-state index contributed by atoms with van der Waals surface area (Å²) < 4.78 is 43.0. The summed E-state index contributed by atoms with van der Waals surface area (Å²) in [6.07, 6.45) is 2.52. The number of hydrogen-bond donors (Lipinski definition) is 0. The van der Waals surface area contributed by atoms with Gasteiger partial charge in [-0.1, -0.05) is 0 Å². The minimum atomic E-state index is -0.705. The van der Waals surface area contributed by atoms with Gasteiger partial charge in [0, 0.05) is 25.0 Å². The Hall–Kier alpha value is -2.83. The van der Waals surface area contributed by atoms with Gasteiger partial charge in [0.2, 0.25) is 0 Å². The summed E-state index contributed by atoms with van der Waals surface area (Å²) in [6, 6.07) is 0. The van der Waals surface area contributed by atoms with Crippen LogP contribution in [0.4, 0.5) is 0 Å². The Morgan fingerprint density at radius 2 is 0.837 bits per heavy atom. The number of imide groups is 2. The summed E-state index contributed by atoms with van der Waals surface area (Å²) in [4.78, 5) is 63.0. The molecule has 0 saturated carbocycles. The molecule has 16 nitrogen and oxygen atoms in total. The lowest BCUT2D eigenvalue weighted by Gasteiger charge is -2.13. The molecular formula is C27H42N2O14. The van der Waals surface area contributed by atoms with Crippen molar-refractivity contribution in [2.45, 2.75) is 19.3 Å². The van der Waals surface area contributed by atoms with E-state index in [2.05, 4.69) is 0 Å². The topological polar surface area (TPSA) is 175 Å². The van der Waals surface area contributed by atoms with E-state index in [4.69, 9.17) is 42.7 Å². The number of hydroxylamine groups is 2. The number of amides is 4. The number of carbonyl (C=O) groups is 5. The minimum absolute atomic E-state index is 0.0548. The molecule has 2 aliphatic rings. The molecule has 0 aromatic carbocycles. The lowest BCUT2D eigenvalue weighted by atomic mass is 10.4. The molecule has 0 aromatic rings. The maximum Gasteiger partial charge on any atom is 0.335 e. The van der Waals surface area contributed by atoms with Crippen molar-refractivity contribution in [3.8, 4) is 0 Å². The Morgan fingerprint density at radius 1 is 0.512 bits per heavy atom. The fourth-order valence-corrected chi connectivity index (χ4v) is 3.41. The first kappa shape index (κ1) is 36.4. The van der Waals surface area contributed by atoms with Crippen molar-refractivity contribution in [2.24, 2.45) is 0 Å². The van der Waals surface area contributed by atoms with Crippen LogP contribution in [0.2, 0.25) is 0 Å². The highest BCUT2D eigenvalue weighted by atomic mass is 16.7. The molecule has 244 valence electrons. The van der Waals surface area contributed by atoms with E-state index in [1.807, 2.05) is 0 Å². The fraction of sp³-hybridized carbons (Fsp3) is 0.741. The van der Waals surface area contributed by atoms with Crippen LogP contribution in [0, 0.1) is 0 Å². The number of rotatable bonds is 28. The predicted octanol–water partition coefficient (Wildman–Crippen LogP) is -0.958. The zero-order valence-electron chi connectivity index (χ0n) is 24.4. The van der Waals surface area contributed by atoms with Gasteiger partial charge in [0.05, 0.1) is 119 Å². The molecule has 2 rings (SSSR count). The predicted molar refractivity (Wildman–Crippen MR) is 144 cm³/mol. The number of ether oxygens (including phenoxy) is 8. The van der Waals surface area contributed by atoms with Crippen molar-refractivity contribution >= 4 is 29.6 Å². The molecule has 43 heavy (non-hydrogen) atoms. The second kappa shape index (κ2) is 23.6. The molecule has 16 heteroatoms. The fourth-order valence-electron chi connectivity index (χ4n) is 3.41. The summed E-state index contributed by atoms with van der Waals surface area (Å²) in [5.41, 5.74) is 0. The number of hydrogen-bond acceptors (Lipinski definition) is 14. The van der Waals surface area contributed by atoms with E-state index in [1.165, 1.54) is 12.2 Å². The van der Waals surface area contributed by atoms with E-state index in [1.54, 1.807) is 0 Å². The van der Waals surface area contributed by atoms with E-state index in [9.17, 15) is 24.0 Å². The molecule has 4 amide bonds. The molecule has 0 radical (unpaired) electrons. The van der Waals surface area contributed by atoms with Gasteiger partial charge in [-0.2, -0.15) is 0 Å². The smallest absolute Gasteiger partial charge is 0.335 e. The van der Waals surface area contributed by atoms with Gasteiger partial charge >= 0.3 is 5.97 Å². The van der Waals surface area contributed by atoms with Crippen LogP contribution >= 0.6 is 0 Å². The van der Waals surface area contributed by atoms with Crippen LogP contribution in [0.1, 0.15) is 19.3 Å². The maximum atomic E-state index is 11.6. The highest BCUT2D eigenvalue weighted by Gasteiger charge is 2.32. The Balaban J connectivity index is 1.19. The summed E-state index contributed by atoms with van der Waals surface area (Å²) in [6.45, 7) is 6.20. The highest BCUT2D eigenvalue weighted by Crippen LogP contribution is 2.12. The SMILES string of the molecule is O=C(CCOCCOCCOCCOCCOCCOCCOCCOCCN1C(=O)C=CC1=O)ON1C(=O)CCC1=O. The lowest BCUT2D eigenvalue weighted by Crippen LogP contribution is -2.33. The third-order valence-electron chi connectivity index (χ3n) is 5.61.